The lowest BCUT2D eigenvalue weighted by atomic mass is 10.0. The van der Waals surface area contributed by atoms with Crippen molar-refractivity contribution in [3.05, 3.63) is 16.4 Å². The molecule has 1 N–H and O–H groups in total. The van der Waals surface area contributed by atoms with Crippen molar-refractivity contribution in [1.29, 1.82) is 0 Å². The Balaban J connectivity index is 2.11. The van der Waals surface area contributed by atoms with Gasteiger partial charge in [-0.25, -0.2) is 0 Å². The Morgan fingerprint density at radius 1 is 1.57 bits per heavy atom. The van der Waals surface area contributed by atoms with Crippen LogP contribution in [0.5, 0.6) is 0 Å². The summed E-state index contributed by atoms with van der Waals surface area (Å²) in [7, 11) is 4.18. The lowest BCUT2D eigenvalue weighted by Crippen LogP contribution is -2.29. The van der Waals surface area contributed by atoms with Crippen LogP contribution in [-0.2, 0) is 11.3 Å². The Bertz CT molecular complexity index is 429. The van der Waals surface area contributed by atoms with Crippen molar-refractivity contribution in [1.82, 2.24) is 20.0 Å². The number of likely N-dealkylation sites (N-methyl/N-ethyl adjacent to an activating group) is 1. The van der Waals surface area contributed by atoms with Crippen LogP contribution in [0, 0.1) is 0 Å². The maximum atomic E-state index is 5.81. The second-order valence-electron chi connectivity index (χ2n) is 5.89. The van der Waals surface area contributed by atoms with Crippen LogP contribution < -0.4 is 5.32 Å². The molecule has 1 aliphatic heterocycles. The number of ether oxygens (including phenoxy) is 1. The summed E-state index contributed by atoms with van der Waals surface area (Å²) in [6, 6.07) is 0.289. The van der Waals surface area contributed by atoms with E-state index in [4.69, 9.17) is 4.74 Å². The Morgan fingerprint density at radius 2 is 2.38 bits per heavy atom. The highest BCUT2D eigenvalue weighted by Gasteiger charge is 2.25. The van der Waals surface area contributed by atoms with Crippen LogP contribution in [0.3, 0.4) is 0 Å². The molecule has 1 saturated heterocycles. The maximum absolute atomic E-state index is 5.81. The van der Waals surface area contributed by atoms with Crippen LogP contribution in [-0.4, -0.2) is 54.6 Å². The molecule has 1 fully saturated rings. The minimum absolute atomic E-state index is 0.289. The quantitative estimate of drug-likeness (QED) is 0.774. The molecule has 1 aromatic rings. The molecule has 0 aliphatic carbocycles. The molecule has 0 saturated carbocycles. The number of nitrogens with one attached hydrogen (secondary N) is 1. The lowest BCUT2D eigenvalue weighted by Gasteiger charge is -2.23. The SMILES string of the molecule is CCNC(CC1CCCO1)c1c(Br)cnn1CCN(C)C. The normalized spacial score (nSPS) is 20.3. The Kier molecular flexibility index (Phi) is 6.67. The van der Waals surface area contributed by atoms with Gasteiger partial charge in [-0.2, -0.15) is 5.10 Å². The largest absolute Gasteiger partial charge is 0.378 e. The molecule has 5 nitrogen and oxygen atoms in total. The zero-order valence-electron chi connectivity index (χ0n) is 13.3. The summed E-state index contributed by atoms with van der Waals surface area (Å²) in [4.78, 5) is 2.18. The van der Waals surface area contributed by atoms with E-state index in [1.54, 1.807) is 0 Å². The van der Waals surface area contributed by atoms with Gasteiger partial charge < -0.3 is 15.0 Å². The number of aromatic nitrogens is 2. The van der Waals surface area contributed by atoms with Gasteiger partial charge in [-0.15, -0.1) is 0 Å². The fraction of sp³-hybridized carbons (Fsp3) is 0.800. The van der Waals surface area contributed by atoms with Crippen molar-refractivity contribution in [3.63, 3.8) is 0 Å². The lowest BCUT2D eigenvalue weighted by molar-refractivity contribution is 0.0936. The Labute approximate surface area is 136 Å². The summed E-state index contributed by atoms with van der Waals surface area (Å²) in [5.41, 5.74) is 1.24. The zero-order valence-corrected chi connectivity index (χ0v) is 14.9. The first-order valence-electron chi connectivity index (χ1n) is 7.82. The van der Waals surface area contributed by atoms with Crippen LogP contribution in [0.25, 0.3) is 0 Å². The number of halogens is 1. The van der Waals surface area contributed by atoms with Crippen LogP contribution in [0.2, 0.25) is 0 Å². The molecule has 21 heavy (non-hydrogen) atoms. The van der Waals surface area contributed by atoms with Crippen molar-refractivity contribution < 1.29 is 4.74 Å². The molecular weight excluding hydrogens is 332 g/mol. The van der Waals surface area contributed by atoms with Gasteiger partial charge in [-0.1, -0.05) is 6.92 Å². The van der Waals surface area contributed by atoms with E-state index in [2.05, 4.69) is 56.9 Å². The van der Waals surface area contributed by atoms with Crippen molar-refractivity contribution >= 4 is 15.9 Å². The number of hydrogen-bond donors (Lipinski definition) is 1. The van der Waals surface area contributed by atoms with Crippen molar-refractivity contribution in [2.45, 2.75) is 44.9 Å². The molecule has 2 heterocycles. The molecule has 1 aliphatic rings. The summed E-state index contributed by atoms with van der Waals surface area (Å²) in [6.45, 7) is 5.89. The number of hydrogen-bond acceptors (Lipinski definition) is 4. The van der Waals surface area contributed by atoms with Crippen LogP contribution in [0.4, 0.5) is 0 Å². The molecule has 2 unspecified atom stereocenters. The van der Waals surface area contributed by atoms with Gasteiger partial charge in [0.05, 0.1) is 35.1 Å². The average molecular weight is 359 g/mol. The van der Waals surface area contributed by atoms with E-state index < -0.39 is 0 Å². The summed E-state index contributed by atoms with van der Waals surface area (Å²) < 4.78 is 9.02. The van der Waals surface area contributed by atoms with Crippen LogP contribution in [0.15, 0.2) is 10.7 Å². The third kappa shape index (κ3) is 4.77. The third-order valence-electron chi connectivity index (χ3n) is 3.90. The van der Waals surface area contributed by atoms with Crippen molar-refractivity contribution in [3.8, 4) is 0 Å². The van der Waals surface area contributed by atoms with Crippen LogP contribution in [0.1, 0.15) is 37.9 Å². The van der Waals surface area contributed by atoms with E-state index in [0.717, 1.165) is 37.1 Å². The highest BCUT2D eigenvalue weighted by atomic mass is 79.9. The van der Waals surface area contributed by atoms with E-state index in [9.17, 15) is 0 Å². The molecule has 6 heteroatoms. The van der Waals surface area contributed by atoms with Gasteiger partial charge in [-0.05, 0) is 55.8 Å². The second kappa shape index (κ2) is 8.27. The van der Waals surface area contributed by atoms with E-state index >= 15 is 0 Å². The van der Waals surface area contributed by atoms with Crippen LogP contribution >= 0.6 is 15.9 Å². The van der Waals surface area contributed by atoms with E-state index in [1.807, 2.05) is 6.20 Å². The molecule has 2 atom stereocenters. The van der Waals surface area contributed by atoms with Crippen molar-refractivity contribution in [2.24, 2.45) is 0 Å². The highest BCUT2D eigenvalue weighted by Crippen LogP contribution is 2.29. The first kappa shape index (κ1) is 16.9. The first-order chi connectivity index (χ1) is 10.1. The van der Waals surface area contributed by atoms with Gasteiger partial charge >= 0.3 is 0 Å². The average Bonchev–Trinajstić information content (AvgIpc) is 3.05. The molecule has 0 bridgehead atoms. The zero-order chi connectivity index (χ0) is 15.2. The number of rotatable bonds is 8. The minimum Gasteiger partial charge on any atom is -0.378 e. The molecule has 0 aromatic carbocycles. The second-order valence-corrected chi connectivity index (χ2v) is 6.74. The smallest absolute Gasteiger partial charge is 0.0697 e. The molecular formula is C15H27BrN4O. The standard InChI is InChI=1S/C15H27BrN4O/c1-4-17-14(10-12-6-5-9-21-12)15-13(16)11-18-20(15)8-7-19(2)3/h11-12,14,17H,4-10H2,1-3H3. The summed E-state index contributed by atoms with van der Waals surface area (Å²) in [5.74, 6) is 0. The highest BCUT2D eigenvalue weighted by molar-refractivity contribution is 9.10. The van der Waals surface area contributed by atoms with Gasteiger partial charge in [0.1, 0.15) is 0 Å². The fourth-order valence-corrected chi connectivity index (χ4v) is 3.39. The predicted octanol–water partition coefficient (Wildman–Crippen LogP) is 2.43. The number of nitrogens with zero attached hydrogens (tertiary/aromatic N) is 3. The molecule has 1 aromatic heterocycles. The van der Waals surface area contributed by atoms with Crippen molar-refractivity contribution in [2.75, 3.05) is 33.8 Å². The molecule has 0 amide bonds. The van der Waals surface area contributed by atoms with E-state index in [0.29, 0.717) is 6.10 Å². The molecule has 2 rings (SSSR count). The molecule has 0 radical (unpaired) electrons. The third-order valence-corrected chi connectivity index (χ3v) is 4.51. The topological polar surface area (TPSA) is 42.3 Å². The summed E-state index contributed by atoms with van der Waals surface area (Å²) in [5, 5.41) is 8.12. The monoisotopic (exact) mass is 358 g/mol. The summed E-state index contributed by atoms with van der Waals surface area (Å²) >= 11 is 3.67. The minimum atomic E-state index is 0.289. The summed E-state index contributed by atoms with van der Waals surface area (Å²) in [6.07, 6.45) is 5.65. The first-order valence-corrected chi connectivity index (χ1v) is 8.62. The Hall–Kier alpha value is -0.430. The fourth-order valence-electron chi connectivity index (χ4n) is 2.82. The maximum Gasteiger partial charge on any atom is 0.0697 e. The van der Waals surface area contributed by atoms with E-state index in [-0.39, 0.29) is 6.04 Å². The van der Waals surface area contributed by atoms with Gasteiger partial charge in [0.2, 0.25) is 0 Å². The molecule has 0 spiro atoms. The molecule has 120 valence electrons. The van der Waals surface area contributed by atoms with Gasteiger partial charge in [0.15, 0.2) is 0 Å². The van der Waals surface area contributed by atoms with Gasteiger partial charge in [-0.3, -0.25) is 4.68 Å². The van der Waals surface area contributed by atoms with Gasteiger partial charge in [0, 0.05) is 13.2 Å². The van der Waals surface area contributed by atoms with E-state index in [1.165, 1.54) is 18.5 Å². The Morgan fingerprint density at radius 3 is 3.00 bits per heavy atom. The van der Waals surface area contributed by atoms with Gasteiger partial charge in [0.25, 0.3) is 0 Å². The predicted molar refractivity (Wildman–Crippen MR) is 88.5 cm³/mol.